The molecule has 0 spiro atoms. The number of rotatable bonds is 3. The van der Waals surface area contributed by atoms with Gasteiger partial charge in [0.05, 0.1) is 11.1 Å². The number of hydrogen-bond donors (Lipinski definition) is 1. The first kappa shape index (κ1) is 15.0. The fourth-order valence-electron chi connectivity index (χ4n) is 1.98. The Bertz CT molecular complexity index is 772. The summed E-state index contributed by atoms with van der Waals surface area (Å²) in [5.74, 6) is -0.417. The smallest absolute Gasteiger partial charge is 0.259 e. The first-order valence-electron chi connectivity index (χ1n) is 6.06. The Morgan fingerprint density at radius 2 is 2.00 bits per heavy atom. The zero-order valence-electron chi connectivity index (χ0n) is 11.4. The number of carbonyl (C=O) groups is 2. The second kappa shape index (κ2) is 5.94. The molecule has 0 aliphatic rings. The average Bonchev–Trinajstić information content (AvgIpc) is 2.74. The normalized spacial score (nSPS) is 10.0. The molecule has 106 valence electrons. The van der Waals surface area contributed by atoms with Crippen LogP contribution in [0.2, 0.25) is 0 Å². The van der Waals surface area contributed by atoms with Crippen LogP contribution in [-0.2, 0) is 0 Å². The molecule has 6 heteroatoms. The van der Waals surface area contributed by atoms with Crippen LogP contribution < -0.4 is 5.32 Å². The molecule has 0 saturated heterocycles. The molecule has 0 radical (unpaired) electrons. The van der Waals surface area contributed by atoms with Crippen LogP contribution in [0.25, 0.3) is 0 Å². The molecule has 5 nitrogen and oxygen atoms in total. The van der Waals surface area contributed by atoms with E-state index >= 15 is 0 Å². The summed E-state index contributed by atoms with van der Waals surface area (Å²) < 4.78 is 5.96. The number of furan rings is 1. The number of benzene rings is 1. The van der Waals surface area contributed by atoms with E-state index in [1.807, 2.05) is 6.07 Å². The summed E-state index contributed by atoms with van der Waals surface area (Å²) in [6.45, 7) is 2.92. The number of Topliss-reactive ketones (excluding diaryl/α,β-unsaturated/α-hetero) is 1. The molecule has 1 amide bonds. The minimum Gasteiger partial charge on any atom is -0.443 e. The van der Waals surface area contributed by atoms with Crippen LogP contribution in [0, 0.1) is 18.3 Å². The maximum Gasteiger partial charge on any atom is 0.259 e. The number of halogens is 1. The van der Waals surface area contributed by atoms with E-state index in [1.165, 1.54) is 6.92 Å². The highest BCUT2D eigenvalue weighted by Crippen LogP contribution is 2.27. The van der Waals surface area contributed by atoms with Crippen LogP contribution in [0.15, 0.2) is 33.2 Å². The van der Waals surface area contributed by atoms with E-state index in [0.29, 0.717) is 15.8 Å². The Hall–Kier alpha value is -2.39. The lowest BCUT2D eigenvalue weighted by atomic mass is 10.1. The summed E-state index contributed by atoms with van der Waals surface area (Å²) in [6.07, 6.45) is 0. The molecule has 0 aliphatic heterocycles. The van der Waals surface area contributed by atoms with Gasteiger partial charge in [0.1, 0.15) is 17.4 Å². The summed E-state index contributed by atoms with van der Waals surface area (Å²) in [4.78, 5) is 23.7. The first-order chi connectivity index (χ1) is 9.95. The maximum atomic E-state index is 12.2. The van der Waals surface area contributed by atoms with Crippen LogP contribution in [0.4, 0.5) is 5.88 Å². The Labute approximate surface area is 129 Å². The van der Waals surface area contributed by atoms with Crippen molar-refractivity contribution in [2.75, 3.05) is 5.32 Å². The van der Waals surface area contributed by atoms with Gasteiger partial charge in [0.25, 0.3) is 5.91 Å². The summed E-state index contributed by atoms with van der Waals surface area (Å²) in [7, 11) is 0. The van der Waals surface area contributed by atoms with Crippen molar-refractivity contribution in [3.05, 3.63) is 51.2 Å². The van der Waals surface area contributed by atoms with Gasteiger partial charge in [-0.2, -0.15) is 5.26 Å². The molecular weight excluding hydrogens is 336 g/mol. The van der Waals surface area contributed by atoms with Gasteiger partial charge in [0.15, 0.2) is 5.78 Å². The predicted octanol–water partition coefficient (Wildman–Crippen LogP) is 3.68. The van der Waals surface area contributed by atoms with Crippen molar-refractivity contribution in [2.45, 2.75) is 13.8 Å². The third-order valence-corrected chi connectivity index (χ3v) is 3.59. The van der Waals surface area contributed by atoms with Gasteiger partial charge < -0.3 is 4.42 Å². The Kier molecular flexibility index (Phi) is 4.24. The summed E-state index contributed by atoms with van der Waals surface area (Å²) in [5.41, 5.74) is 0.639. The fraction of sp³-hybridized carbons (Fsp3) is 0.133. The van der Waals surface area contributed by atoms with Gasteiger partial charge in [0.2, 0.25) is 5.88 Å². The summed E-state index contributed by atoms with van der Waals surface area (Å²) >= 11 is 3.28. The molecule has 2 rings (SSSR count). The van der Waals surface area contributed by atoms with Crippen LogP contribution in [-0.4, -0.2) is 11.7 Å². The van der Waals surface area contributed by atoms with E-state index in [0.717, 1.165) is 0 Å². The SMILES string of the molecule is CC(=O)c1c(C)oc(NC(=O)c2ccccc2Br)c1C#N. The second-order valence-corrected chi connectivity index (χ2v) is 5.19. The lowest BCUT2D eigenvalue weighted by Gasteiger charge is -2.04. The van der Waals surface area contributed by atoms with Crippen molar-refractivity contribution in [1.29, 1.82) is 5.26 Å². The van der Waals surface area contributed by atoms with Crippen molar-refractivity contribution in [1.82, 2.24) is 0 Å². The largest absolute Gasteiger partial charge is 0.443 e. The van der Waals surface area contributed by atoms with Crippen LogP contribution in [0.3, 0.4) is 0 Å². The highest BCUT2D eigenvalue weighted by Gasteiger charge is 2.23. The summed E-state index contributed by atoms with van der Waals surface area (Å²) in [5, 5.41) is 11.7. The highest BCUT2D eigenvalue weighted by atomic mass is 79.9. The number of anilines is 1. The van der Waals surface area contributed by atoms with E-state index < -0.39 is 5.91 Å². The molecule has 1 aromatic carbocycles. The molecule has 1 heterocycles. The zero-order chi connectivity index (χ0) is 15.6. The topological polar surface area (TPSA) is 83.1 Å². The van der Waals surface area contributed by atoms with Gasteiger partial charge in [-0.15, -0.1) is 0 Å². The van der Waals surface area contributed by atoms with Crippen LogP contribution >= 0.6 is 15.9 Å². The molecule has 21 heavy (non-hydrogen) atoms. The average molecular weight is 347 g/mol. The number of carbonyl (C=O) groups excluding carboxylic acids is 2. The van der Waals surface area contributed by atoms with Gasteiger partial charge in [-0.25, -0.2) is 0 Å². The molecule has 1 aromatic heterocycles. The molecule has 1 N–H and O–H groups in total. The Morgan fingerprint density at radius 1 is 1.33 bits per heavy atom. The van der Waals surface area contributed by atoms with Gasteiger partial charge in [0, 0.05) is 4.47 Å². The number of nitriles is 1. The molecule has 0 unspecified atom stereocenters. The molecular formula is C15H11BrN2O3. The van der Waals surface area contributed by atoms with Gasteiger partial charge >= 0.3 is 0 Å². The third-order valence-electron chi connectivity index (χ3n) is 2.89. The Balaban J connectivity index is 2.40. The van der Waals surface area contributed by atoms with E-state index in [9.17, 15) is 14.9 Å². The van der Waals surface area contributed by atoms with Crippen LogP contribution in [0.5, 0.6) is 0 Å². The van der Waals surface area contributed by atoms with Crippen molar-refractivity contribution in [3.63, 3.8) is 0 Å². The quantitative estimate of drug-likeness (QED) is 0.859. The molecule has 0 fully saturated rings. The predicted molar refractivity (Wildman–Crippen MR) is 80.3 cm³/mol. The van der Waals surface area contributed by atoms with E-state index in [1.54, 1.807) is 31.2 Å². The zero-order valence-corrected chi connectivity index (χ0v) is 12.9. The lowest BCUT2D eigenvalue weighted by molar-refractivity contribution is 0.101. The standard InChI is InChI=1S/C15H11BrN2O3/c1-8(19)13-9(2)21-15(11(13)7-17)18-14(20)10-5-3-4-6-12(10)16/h3-6H,1-2H3,(H,18,20). The van der Waals surface area contributed by atoms with Gasteiger partial charge in [-0.1, -0.05) is 12.1 Å². The van der Waals surface area contributed by atoms with Crippen molar-refractivity contribution in [2.24, 2.45) is 0 Å². The lowest BCUT2D eigenvalue weighted by Crippen LogP contribution is -2.13. The number of nitrogens with zero attached hydrogens (tertiary/aromatic N) is 1. The minimum atomic E-state index is -0.428. The van der Waals surface area contributed by atoms with Gasteiger partial charge in [-0.3, -0.25) is 14.9 Å². The van der Waals surface area contributed by atoms with E-state index in [2.05, 4.69) is 21.2 Å². The maximum absolute atomic E-state index is 12.2. The first-order valence-corrected chi connectivity index (χ1v) is 6.85. The number of amides is 1. The fourth-order valence-corrected chi connectivity index (χ4v) is 2.44. The number of hydrogen-bond acceptors (Lipinski definition) is 4. The monoisotopic (exact) mass is 346 g/mol. The third kappa shape index (κ3) is 2.88. The van der Waals surface area contributed by atoms with E-state index in [-0.39, 0.29) is 22.8 Å². The molecule has 0 aliphatic carbocycles. The van der Waals surface area contributed by atoms with Crippen molar-refractivity contribution >= 4 is 33.5 Å². The Morgan fingerprint density at radius 3 is 2.57 bits per heavy atom. The number of nitrogens with one attached hydrogen (secondary N) is 1. The van der Waals surface area contributed by atoms with Crippen molar-refractivity contribution in [3.8, 4) is 6.07 Å². The van der Waals surface area contributed by atoms with Crippen LogP contribution in [0.1, 0.15) is 39.0 Å². The molecule has 0 bridgehead atoms. The van der Waals surface area contributed by atoms with Crippen molar-refractivity contribution < 1.29 is 14.0 Å². The highest BCUT2D eigenvalue weighted by molar-refractivity contribution is 9.10. The number of ketones is 1. The molecule has 0 atom stereocenters. The molecule has 2 aromatic rings. The van der Waals surface area contributed by atoms with E-state index in [4.69, 9.17) is 4.42 Å². The number of aryl methyl sites for hydroxylation is 1. The minimum absolute atomic E-state index is 0.0130. The van der Waals surface area contributed by atoms with Gasteiger partial charge in [-0.05, 0) is 41.9 Å². The summed E-state index contributed by atoms with van der Waals surface area (Å²) in [6, 6.07) is 8.77. The second-order valence-electron chi connectivity index (χ2n) is 4.34. The molecule has 0 saturated carbocycles.